The summed E-state index contributed by atoms with van der Waals surface area (Å²) in [7, 11) is 0. The standard InChI is InChI=1S/C18H20O.C16H16O.C2H6/c1-11-10-14-8-6-7-9-15(14)17-16(11)12(2)13(3)18(4,5)19-17;1-11-10-15-14(8-9-16(2,3)17-15)13-7-5-4-6-12(11)13;1-2/h6-10H,1-5H3;4-10H,1-3H3;1-2H3. The predicted molar refractivity (Wildman–Crippen MR) is 165 cm³/mol. The highest BCUT2D eigenvalue weighted by molar-refractivity contribution is 5.97. The van der Waals surface area contributed by atoms with Crippen molar-refractivity contribution >= 4 is 33.2 Å². The minimum absolute atomic E-state index is 0.206. The van der Waals surface area contributed by atoms with Gasteiger partial charge in [-0.3, -0.25) is 0 Å². The summed E-state index contributed by atoms with van der Waals surface area (Å²) in [6.45, 7) is 21.1. The van der Waals surface area contributed by atoms with E-state index in [1.54, 1.807) is 0 Å². The number of hydrogen-bond donors (Lipinski definition) is 0. The molecule has 0 aromatic heterocycles. The highest BCUT2D eigenvalue weighted by atomic mass is 16.5. The van der Waals surface area contributed by atoms with Crippen molar-refractivity contribution in [1.82, 2.24) is 0 Å². The van der Waals surface area contributed by atoms with Crippen LogP contribution in [0.15, 0.2) is 72.3 Å². The maximum atomic E-state index is 6.34. The van der Waals surface area contributed by atoms with E-state index in [1.807, 2.05) is 13.8 Å². The van der Waals surface area contributed by atoms with Gasteiger partial charge in [0.15, 0.2) is 0 Å². The van der Waals surface area contributed by atoms with Crippen LogP contribution in [-0.4, -0.2) is 11.2 Å². The zero-order chi connectivity index (χ0) is 27.8. The van der Waals surface area contributed by atoms with E-state index in [1.165, 1.54) is 54.9 Å². The Hall–Kier alpha value is -3.52. The molecule has 198 valence electrons. The molecule has 2 heterocycles. The van der Waals surface area contributed by atoms with Crippen LogP contribution in [0.4, 0.5) is 0 Å². The van der Waals surface area contributed by atoms with E-state index in [9.17, 15) is 0 Å². The molecule has 4 aromatic carbocycles. The molecule has 0 amide bonds. The lowest BCUT2D eigenvalue weighted by Gasteiger charge is -2.36. The summed E-state index contributed by atoms with van der Waals surface area (Å²) in [6.07, 6.45) is 4.30. The summed E-state index contributed by atoms with van der Waals surface area (Å²) >= 11 is 0. The molecular weight excluding hydrogens is 464 g/mol. The Morgan fingerprint density at radius 1 is 0.658 bits per heavy atom. The number of ether oxygens (including phenoxy) is 2. The Morgan fingerprint density at radius 3 is 1.95 bits per heavy atom. The Balaban J connectivity index is 0.000000167. The van der Waals surface area contributed by atoms with Gasteiger partial charge >= 0.3 is 0 Å². The molecule has 0 spiro atoms. The van der Waals surface area contributed by atoms with Crippen molar-refractivity contribution < 1.29 is 9.47 Å². The normalized spacial score (nSPS) is 16.3. The summed E-state index contributed by atoms with van der Waals surface area (Å²) < 4.78 is 12.4. The maximum absolute atomic E-state index is 6.34. The first-order valence-corrected chi connectivity index (χ1v) is 13.8. The molecule has 0 aliphatic carbocycles. The molecule has 6 rings (SSSR count). The Kier molecular flexibility index (Phi) is 7.48. The molecule has 0 N–H and O–H groups in total. The fourth-order valence-electron chi connectivity index (χ4n) is 5.40. The summed E-state index contributed by atoms with van der Waals surface area (Å²) in [5.41, 5.74) is 7.27. The molecule has 2 aliphatic heterocycles. The lowest BCUT2D eigenvalue weighted by molar-refractivity contribution is 0.146. The van der Waals surface area contributed by atoms with Crippen molar-refractivity contribution in [2.75, 3.05) is 0 Å². The molecule has 2 heteroatoms. The van der Waals surface area contributed by atoms with Gasteiger partial charge in [0, 0.05) is 16.5 Å². The molecule has 0 unspecified atom stereocenters. The van der Waals surface area contributed by atoms with Crippen LogP contribution in [0.3, 0.4) is 0 Å². The number of aryl methyl sites for hydroxylation is 2. The van der Waals surface area contributed by atoms with Gasteiger partial charge in [0.05, 0.1) is 0 Å². The van der Waals surface area contributed by atoms with E-state index >= 15 is 0 Å². The molecule has 0 bridgehead atoms. The molecule has 0 fully saturated rings. The van der Waals surface area contributed by atoms with E-state index in [0.29, 0.717) is 0 Å². The monoisotopic (exact) mass is 506 g/mol. The van der Waals surface area contributed by atoms with E-state index in [4.69, 9.17) is 9.47 Å². The fourth-order valence-corrected chi connectivity index (χ4v) is 5.40. The van der Waals surface area contributed by atoms with Crippen LogP contribution in [0.1, 0.15) is 77.6 Å². The summed E-state index contributed by atoms with van der Waals surface area (Å²) in [5, 5.41) is 5.04. The third-order valence-corrected chi connectivity index (χ3v) is 7.68. The molecule has 0 atom stereocenters. The average Bonchev–Trinajstić information content (AvgIpc) is 2.88. The van der Waals surface area contributed by atoms with Gasteiger partial charge in [0.25, 0.3) is 0 Å². The van der Waals surface area contributed by atoms with Gasteiger partial charge in [-0.25, -0.2) is 0 Å². The minimum atomic E-state index is -0.229. The highest BCUT2D eigenvalue weighted by Crippen LogP contribution is 2.45. The number of hydrogen-bond acceptors (Lipinski definition) is 2. The molecule has 2 aliphatic rings. The van der Waals surface area contributed by atoms with Gasteiger partial charge in [0.2, 0.25) is 0 Å². The van der Waals surface area contributed by atoms with Crippen LogP contribution < -0.4 is 9.47 Å². The van der Waals surface area contributed by atoms with Gasteiger partial charge in [-0.2, -0.15) is 0 Å². The molecular formula is C36H42O2. The van der Waals surface area contributed by atoms with Crippen molar-refractivity contribution in [2.24, 2.45) is 0 Å². The van der Waals surface area contributed by atoms with E-state index in [-0.39, 0.29) is 11.2 Å². The van der Waals surface area contributed by atoms with Crippen LogP contribution in [0.5, 0.6) is 11.5 Å². The predicted octanol–water partition coefficient (Wildman–Crippen LogP) is 10.5. The molecule has 0 radical (unpaired) electrons. The maximum Gasteiger partial charge on any atom is 0.136 e. The second-order valence-corrected chi connectivity index (χ2v) is 11.2. The van der Waals surface area contributed by atoms with Crippen molar-refractivity contribution in [2.45, 2.75) is 80.4 Å². The summed E-state index contributed by atoms with van der Waals surface area (Å²) in [6, 6.07) is 21.3. The first-order chi connectivity index (χ1) is 18.0. The van der Waals surface area contributed by atoms with Crippen LogP contribution in [0.25, 0.3) is 33.2 Å². The number of allylic oxidation sites excluding steroid dienone is 1. The first-order valence-electron chi connectivity index (χ1n) is 13.8. The number of rotatable bonds is 0. The topological polar surface area (TPSA) is 18.5 Å². The number of benzene rings is 4. The Bertz CT molecular complexity index is 1560. The van der Waals surface area contributed by atoms with E-state index < -0.39 is 0 Å². The second-order valence-electron chi connectivity index (χ2n) is 11.2. The molecule has 38 heavy (non-hydrogen) atoms. The quantitative estimate of drug-likeness (QED) is 0.236. The zero-order valence-electron chi connectivity index (χ0n) is 24.7. The first kappa shape index (κ1) is 27.5. The highest BCUT2D eigenvalue weighted by Gasteiger charge is 2.32. The molecule has 2 nitrogen and oxygen atoms in total. The van der Waals surface area contributed by atoms with Crippen molar-refractivity contribution in [3.8, 4) is 11.5 Å². The van der Waals surface area contributed by atoms with Gasteiger partial charge in [-0.05, 0) is 106 Å². The molecule has 4 aromatic rings. The lowest BCUT2D eigenvalue weighted by atomic mass is 9.85. The summed E-state index contributed by atoms with van der Waals surface area (Å²) in [4.78, 5) is 0. The minimum Gasteiger partial charge on any atom is -0.483 e. The number of fused-ring (bicyclic) bond motifs is 6. The Labute approximate surface area is 229 Å². The lowest BCUT2D eigenvalue weighted by Crippen LogP contribution is -2.33. The third-order valence-electron chi connectivity index (χ3n) is 7.68. The largest absolute Gasteiger partial charge is 0.483 e. The molecule has 0 saturated carbocycles. The van der Waals surface area contributed by atoms with Gasteiger partial charge in [-0.1, -0.05) is 74.5 Å². The fraction of sp³-hybridized carbons (Fsp3) is 0.333. The van der Waals surface area contributed by atoms with Crippen molar-refractivity contribution in [1.29, 1.82) is 0 Å². The van der Waals surface area contributed by atoms with E-state index in [2.05, 4.69) is 128 Å². The van der Waals surface area contributed by atoms with Crippen LogP contribution in [0.2, 0.25) is 0 Å². The second kappa shape index (κ2) is 10.3. The van der Waals surface area contributed by atoms with Crippen molar-refractivity contribution in [3.05, 3.63) is 94.6 Å². The summed E-state index contributed by atoms with van der Waals surface area (Å²) in [5.74, 6) is 2.04. The zero-order valence-corrected chi connectivity index (χ0v) is 24.7. The molecule has 0 saturated heterocycles. The third kappa shape index (κ3) is 4.97. The smallest absolute Gasteiger partial charge is 0.136 e. The Morgan fingerprint density at radius 2 is 1.26 bits per heavy atom. The van der Waals surface area contributed by atoms with Crippen LogP contribution in [0, 0.1) is 13.8 Å². The van der Waals surface area contributed by atoms with Crippen LogP contribution in [-0.2, 0) is 0 Å². The van der Waals surface area contributed by atoms with Crippen molar-refractivity contribution in [3.63, 3.8) is 0 Å². The average molecular weight is 507 g/mol. The van der Waals surface area contributed by atoms with Gasteiger partial charge in [-0.15, -0.1) is 0 Å². The SMILES string of the molecule is CC.CC1=C(C)C(C)(C)Oc2c1c(C)cc1ccccc21.Cc1cc2c(c3ccccc13)C=CC(C)(C)O2. The van der Waals surface area contributed by atoms with Gasteiger partial charge in [0.1, 0.15) is 22.7 Å². The van der Waals surface area contributed by atoms with Crippen LogP contribution >= 0.6 is 0 Å². The van der Waals surface area contributed by atoms with Gasteiger partial charge < -0.3 is 9.47 Å². The van der Waals surface area contributed by atoms with E-state index in [0.717, 1.165) is 11.5 Å².